The van der Waals surface area contributed by atoms with Gasteiger partial charge in [-0.25, -0.2) is 8.42 Å². The molecule has 32 heavy (non-hydrogen) atoms. The molecule has 8 heteroatoms. The fraction of sp³-hybridized carbons (Fsp3) is 0.0833. The quantitative estimate of drug-likeness (QED) is 0.314. The summed E-state index contributed by atoms with van der Waals surface area (Å²) in [4.78, 5) is 11.5. The fourth-order valence-electron chi connectivity index (χ4n) is 3.39. The number of aryl methyl sites for hydroxylation is 1. The van der Waals surface area contributed by atoms with Crippen LogP contribution in [-0.4, -0.2) is 13.3 Å². The lowest BCUT2D eigenvalue weighted by Gasteiger charge is -2.18. The monoisotopic (exact) mass is 448 g/mol. The van der Waals surface area contributed by atoms with Crippen LogP contribution in [0.2, 0.25) is 0 Å². The molecule has 0 spiro atoms. The second kappa shape index (κ2) is 8.78. The molecule has 0 amide bonds. The van der Waals surface area contributed by atoms with Gasteiger partial charge in [0.15, 0.2) is 0 Å². The van der Waals surface area contributed by atoms with Crippen molar-refractivity contribution in [3.05, 3.63) is 118 Å². The number of nitrogens with zero attached hydrogens (tertiary/aromatic N) is 1. The summed E-state index contributed by atoms with van der Waals surface area (Å²) in [6.45, 7) is 1.85. The van der Waals surface area contributed by atoms with Crippen LogP contribution < -0.4 is 4.72 Å². The Morgan fingerprint density at radius 1 is 1.00 bits per heavy atom. The van der Waals surface area contributed by atoms with Gasteiger partial charge in [0.25, 0.3) is 5.70 Å². The van der Waals surface area contributed by atoms with Crippen LogP contribution in [0.5, 0.6) is 0 Å². The molecule has 1 heterocycles. The minimum atomic E-state index is -4.06. The molecule has 1 aromatic heterocycles. The van der Waals surface area contributed by atoms with Gasteiger partial charge in [0.1, 0.15) is 11.8 Å². The minimum absolute atomic E-state index is 0.0228. The molecular formula is C24H20N2O5S. The Kier molecular flexibility index (Phi) is 5.89. The number of hydrogen-bond donors (Lipinski definition) is 1. The average Bonchev–Trinajstić information content (AvgIpc) is 3.29. The van der Waals surface area contributed by atoms with Crippen molar-refractivity contribution in [3.8, 4) is 0 Å². The number of sulfonamides is 1. The molecule has 162 valence electrons. The van der Waals surface area contributed by atoms with Crippen LogP contribution >= 0.6 is 0 Å². The van der Waals surface area contributed by atoms with E-state index in [9.17, 15) is 18.5 Å². The number of hydrogen-bond acceptors (Lipinski definition) is 5. The molecule has 3 aromatic carbocycles. The van der Waals surface area contributed by atoms with Gasteiger partial charge in [-0.2, -0.15) is 4.72 Å². The number of nitro groups is 1. The summed E-state index contributed by atoms with van der Waals surface area (Å²) in [6, 6.07) is 21.0. The maximum absolute atomic E-state index is 13.1. The van der Waals surface area contributed by atoms with Crippen molar-refractivity contribution in [2.24, 2.45) is 0 Å². The van der Waals surface area contributed by atoms with Crippen LogP contribution in [0.3, 0.4) is 0 Å². The van der Waals surface area contributed by atoms with Crippen molar-refractivity contribution in [3.63, 3.8) is 0 Å². The molecule has 4 aromatic rings. The maximum atomic E-state index is 13.1. The summed E-state index contributed by atoms with van der Waals surface area (Å²) in [5, 5.41) is 13.8. The highest BCUT2D eigenvalue weighted by Crippen LogP contribution is 2.29. The lowest BCUT2D eigenvalue weighted by molar-refractivity contribution is -0.429. The first-order valence-electron chi connectivity index (χ1n) is 9.81. The largest absolute Gasteiger partial charge is 0.465 e. The highest BCUT2D eigenvalue weighted by atomic mass is 32.2. The Balaban J connectivity index is 1.85. The van der Waals surface area contributed by atoms with Gasteiger partial charge < -0.3 is 4.42 Å². The van der Waals surface area contributed by atoms with Crippen molar-refractivity contribution in [2.45, 2.75) is 17.9 Å². The summed E-state index contributed by atoms with van der Waals surface area (Å²) in [5.41, 5.74) is 0.985. The van der Waals surface area contributed by atoms with E-state index >= 15 is 0 Å². The molecule has 7 nitrogen and oxygen atoms in total. The van der Waals surface area contributed by atoms with Gasteiger partial charge in [-0.1, -0.05) is 54.1 Å². The van der Waals surface area contributed by atoms with E-state index in [-0.39, 0.29) is 16.4 Å². The van der Waals surface area contributed by atoms with Crippen LogP contribution in [0.15, 0.2) is 100 Å². The molecule has 0 aliphatic rings. The molecule has 0 radical (unpaired) electrons. The van der Waals surface area contributed by atoms with E-state index in [1.54, 1.807) is 36.4 Å². The third-order valence-electron chi connectivity index (χ3n) is 5.05. The van der Waals surface area contributed by atoms with Crippen molar-refractivity contribution in [2.75, 3.05) is 0 Å². The van der Waals surface area contributed by atoms with Gasteiger partial charge in [-0.05, 0) is 53.6 Å². The van der Waals surface area contributed by atoms with Crippen molar-refractivity contribution >= 4 is 26.9 Å². The number of nitrogens with one attached hydrogen (secondary N) is 1. The van der Waals surface area contributed by atoms with Gasteiger partial charge in [0.2, 0.25) is 10.0 Å². The molecule has 1 atom stereocenters. The predicted molar refractivity (Wildman–Crippen MR) is 122 cm³/mol. The smallest absolute Gasteiger partial charge is 0.272 e. The molecule has 0 fully saturated rings. The number of fused-ring (bicyclic) bond motifs is 1. The molecule has 0 saturated heterocycles. The Morgan fingerprint density at radius 2 is 1.72 bits per heavy atom. The van der Waals surface area contributed by atoms with E-state index in [4.69, 9.17) is 4.42 Å². The first-order valence-corrected chi connectivity index (χ1v) is 11.3. The van der Waals surface area contributed by atoms with E-state index in [1.807, 2.05) is 37.3 Å². The van der Waals surface area contributed by atoms with Gasteiger partial charge in [-0.15, -0.1) is 0 Å². The van der Waals surface area contributed by atoms with E-state index in [2.05, 4.69) is 4.72 Å². The first kappa shape index (κ1) is 21.5. The predicted octanol–water partition coefficient (Wildman–Crippen LogP) is 5.08. The summed E-state index contributed by atoms with van der Waals surface area (Å²) < 4.78 is 34.0. The zero-order valence-corrected chi connectivity index (χ0v) is 18.0. The minimum Gasteiger partial charge on any atom is -0.465 e. The van der Waals surface area contributed by atoms with Gasteiger partial charge in [-0.3, -0.25) is 10.1 Å². The van der Waals surface area contributed by atoms with Crippen LogP contribution in [0.25, 0.3) is 16.8 Å². The van der Waals surface area contributed by atoms with Crippen LogP contribution in [0.1, 0.15) is 22.9 Å². The van der Waals surface area contributed by atoms with Crippen LogP contribution in [-0.2, 0) is 10.0 Å². The molecule has 0 unspecified atom stereocenters. The molecular weight excluding hydrogens is 428 g/mol. The maximum Gasteiger partial charge on any atom is 0.272 e. The standard InChI is InChI=1S/C24H20N2O5S/c1-17-8-12-22(13-9-17)32(29,30)25-24(23(26(27)28)16-21-7-4-14-31-21)20-11-10-18-5-2-3-6-19(18)15-20/h2-16,24-25H,1H3/b23-16-/t24-/m0/s1. The Morgan fingerprint density at radius 3 is 2.38 bits per heavy atom. The summed E-state index contributed by atoms with van der Waals surface area (Å²) in [7, 11) is -4.06. The Hall–Kier alpha value is -3.75. The summed E-state index contributed by atoms with van der Waals surface area (Å²) >= 11 is 0. The molecule has 0 aliphatic carbocycles. The zero-order valence-electron chi connectivity index (χ0n) is 17.1. The fourth-order valence-corrected chi connectivity index (χ4v) is 4.59. The second-order valence-corrected chi connectivity index (χ2v) is 9.03. The number of benzene rings is 3. The molecule has 0 aliphatic heterocycles. The van der Waals surface area contributed by atoms with Crippen molar-refractivity contribution < 1.29 is 17.8 Å². The third kappa shape index (κ3) is 4.61. The van der Waals surface area contributed by atoms with E-state index in [0.29, 0.717) is 5.56 Å². The Bertz CT molecular complexity index is 1390. The highest BCUT2D eigenvalue weighted by Gasteiger charge is 2.32. The highest BCUT2D eigenvalue weighted by molar-refractivity contribution is 7.89. The number of furan rings is 1. The van der Waals surface area contributed by atoms with Crippen molar-refractivity contribution in [1.82, 2.24) is 4.72 Å². The third-order valence-corrected chi connectivity index (χ3v) is 6.49. The molecule has 0 saturated carbocycles. The number of rotatable bonds is 7. The SMILES string of the molecule is Cc1ccc(S(=O)(=O)N[C@H](/C(=C/c2ccco2)[N+](=O)[O-])c2ccc3ccccc3c2)cc1. The van der Waals surface area contributed by atoms with Crippen LogP contribution in [0.4, 0.5) is 0 Å². The Labute approximate surface area is 185 Å². The molecule has 4 rings (SSSR count). The molecule has 1 N–H and O–H groups in total. The molecule has 0 bridgehead atoms. The zero-order chi connectivity index (χ0) is 22.7. The topological polar surface area (TPSA) is 102 Å². The summed E-state index contributed by atoms with van der Waals surface area (Å²) in [6.07, 6.45) is 2.63. The van der Waals surface area contributed by atoms with Crippen LogP contribution in [0, 0.1) is 17.0 Å². The average molecular weight is 449 g/mol. The van der Waals surface area contributed by atoms with Gasteiger partial charge in [0.05, 0.1) is 22.2 Å². The van der Waals surface area contributed by atoms with Gasteiger partial charge >= 0.3 is 0 Å². The van der Waals surface area contributed by atoms with E-state index in [1.165, 1.54) is 24.5 Å². The normalized spacial score (nSPS) is 13.2. The van der Waals surface area contributed by atoms with E-state index < -0.39 is 21.0 Å². The lowest BCUT2D eigenvalue weighted by Crippen LogP contribution is -2.32. The van der Waals surface area contributed by atoms with E-state index in [0.717, 1.165) is 16.3 Å². The lowest BCUT2D eigenvalue weighted by atomic mass is 10.00. The first-order chi connectivity index (χ1) is 15.3. The summed E-state index contributed by atoms with van der Waals surface area (Å²) in [5.74, 6) is 0.247. The second-order valence-electron chi connectivity index (χ2n) is 7.32. The van der Waals surface area contributed by atoms with Crippen molar-refractivity contribution in [1.29, 1.82) is 0 Å². The van der Waals surface area contributed by atoms with Gasteiger partial charge in [0, 0.05) is 0 Å².